The van der Waals surface area contributed by atoms with Crippen molar-refractivity contribution in [1.82, 2.24) is 4.57 Å². The van der Waals surface area contributed by atoms with E-state index in [4.69, 9.17) is 5.11 Å². The van der Waals surface area contributed by atoms with Gasteiger partial charge in [-0.05, 0) is 38.5 Å². The molecule has 0 aliphatic rings. The van der Waals surface area contributed by atoms with Gasteiger partial charge < -0.3 is 9.67 Å². The molecule has 0 fully saturated rings. The van der Waals surface area contributed by atoms with Gasteiger partial charge in [0.25, 0.3) is 0 Å². The SMILES string of the molecule is CCn1cc(C(C)=O)c2cc(C)c(C(=O)O)cc21. The number of carboxylic acid groups (broad SMARTS) is 1. The number of nitrogens with zero attached hydrogens (tertiary/aromatic N) is 1. The highest BCUT2D eigenvalue weighted by Crippen LogP contribution is 2.25. The van der Waals surface area contributed by atoms with Crippen LogP contribution in [0.15, 0.2) is 18.3 Å². The number of aromatic carboxylic acids is 1. The van der Waals surface area contributed by atoms with E-state index in [2.05, 4.69) is 0 Å². The number of aromatic nitrogens is 1. The predicted octanol–water partition coefficient (Wildman–Crippen LogP) is 2.87. The lowest BCUT2D eigenvalue weighted by atomic mass is 10.0. The van der Waals surface area contributed by atoms with Crippen LogP contribution >= 0.6 is 0 Å². The summed E-state index contributed by atoms with van der Waals surface area (Å²) in [7, 11) is 0. The topological polar surface area (TPSA) is 59.3 Å². The van der Waals surface area contributed by atoms with Crippen molar-refractivity contribution < 1.29 is 14.7 Å². The van der Waals surface area contributed by atoms with Crippen LogP contribution in [0.2, 0.25) is 0 Å². The van der Waals surface area contributed by atoms with Crippen LogP contribution in [0, 0.1) is 6.92 Å². The molecule has 0 saturated heterocycles. The van der Waals surface area contributed by atoms with Gasteiger partial charge in [-0.2, -0.15) is 0 Å². The van der Waals surface area contributed by atoms with Crippen molar-refractivity contribution in [3.8, 4) is 0 Å². The summed E-state index contributed by atoms with van der Waals surface area (Å²) in [6.07, 6.45) is 1.79. The second-order valence-corrected chi connectivity index (χ2v) is 4.37. The van der Waals surface area contributed by atoms with Gasteiger partial charge in [0, 0.05) is 29.2 Å². The van der Waals surface area contributed by atoms with Gasteiger partial charge in [-0.1, -0.05) is 0 Å². The highest BCUT2D eigenvalue weighted by atomic mass is 16.4. The number of Topliss-reactive ketones (excluding diaryl/α,β-unsaturated/α-hetero) is 1. The third kappa shape index (κ3) is 1.79. The number of hydrogen-bond donors (Lipinski definition) is 1. The Morgan fingerprint density at radius 1 is 1.28 bits per heavy atom. The molecule has 0 saturated carbocycles. The Kier molecular flexibility index (Phi) is 2.95. The maximum absolute atomic E-state index is 11.6. The first-order valence-electron chi connectivity index (χ1n) is 5.83. The Labute approximate surface area is 105 Å². The van der Waals surface area contributed by atoms with Gasteiger partial charge in [-0.15, -0.1) is 0 Å². The number of carboxylic acids is 1. The summed E-state index contributed by atoms with van der Waals surface area (Å²) in [5.74, 6) is -0.947. The smallest absolute Gasteiger partial charge is 0.336 e. The van der Waals surface area contributed by atoms with Crippen LogP contribution in [0.1, 0.15) is 40.1 Å². The van der Waals surface area contributed by atoms with E-state index in [0.29, 0.717) is 17.7 Å². The predicted molar refractivity (Wildman–Crippen MR) is 69.3 cm³/mol. The van der Waals surface area contributed by atoms with Crippen molar-refractivity contribution in [3.05, 3.63) is 35.0 Å². The van der Waals surface area contributed by atoms with Crippen LogP contribution in [0.3, 0.4) is 0 Å². The average molecular weight is 245 g/mol. The maximum atomic E-state index is 11.6. The van der Waals surface area contributed by atoms with E-state index in [9.17, 15) is 9.59 Å². The highest BCUT2D eigenvalue weighted by molar-refractivity contribution is 6.08. The minimum atomic E-state index is -0.942. The number of aryl methyl sites for hydroxylation is 2. The molecular formula is C14H15NO3. The molecule has 0 bridgehead atoms. The largest absolute Gasteiger partial charge is 0.478 e. The molecule has 4 heteroatoms. The van der Waals surface area contributed by atoms with E-state index in [1.54, 1.807) is 25.3 Å². The second kappa shape index (κ2) is 4.29. The summed E-state index contributed by atoms with van der Waals surface area (Å²) in [5.41, 5.74) is 2.40. The monoisotopic (exact) mass is 245 g/mol. The van der Waals surface area contributed by atoms with E-state index >= 15 is 0 Å². The molecule has 4 nitrogen and oxygen atoms in total. The summed E-state index contributed by atoms with van der Waals surface area (Å²) >= 11 is 0. The first kappa shape index (κ1) is 12.4. The summed E-state index contributed by atoms with van der Waals surface area (Å²) in [4.78, 5) is 22.7. The lowest BCUT2D eigenvalue weighted by Gasteiger charge is -2.04. The minimum absolute atomic E-state index is 0.00493. The molecule has 0 atom stereocenters. The average Bonchev–Trinajstić information content (AvgIpc) is 2.65. The molecule has 18 heavy (non-hydrogen) atoms. The fourth-order valence-electron chi connectivity index (χ4n) is 2.22. The normalized spacial score (nSPS) is 10.8. The number of carbonyl (C=O) groups excluding carboxylic acids is 1. The van der Waals surface area contributed by atoms with E-state index in [1.807, 2.05) is 11.5 Å². The molecule has 0 radical (unpaired) electrons. The fraction of sp³-hybridized carbons (Fsp3) is 0.286. The van der Waals surface area contributed by atoms with Crippen molar-refractivity contribution in [2.75, 3.05) is 0 Å². The fourth-order valence-corrected chi connectivity index (χ4v) is 2.22. The molecule has 0 amide bonds. The molecule has 1 heterocycles. The standard InChI is InChI=1S/C14H15NO3/c1-4-15-7-12(9(3)16)11-5-8(2)10(14(17)18)6-13(11)15/h5-7H,4H2,1-3H3,(H,17,18). The lowest BCUT2D eigenvalue weighted by Crippen LogP contribution is -2.01. The van der Waals surface area contributed by atoms with Gasteiger partial charge >= 0.3 is 5.97 Å². The van der Waals surface area contributed by atoms with E-state index < -0.39 is 5.97 Å². The molecule has 0 unspecified atom stereocenters. The molecule has 94 valence electrons. The zero-order valence-corrected chi connectivity index (χ0v) is 10.7. The van der Waals surface area contributed by atoms with Gasteiger partial charge in [-0.3, -0.25) is 4.79 Å². The van der Waals surface area contributed by atoms with Gasteiger partial charge in [0.05, 0.1) is 5.56 Å². The second-order valence-electron chi connectivity index (χ2n) is 4.37. The van der Waals surface area contributed by atoms with Crippen molar-refractivity contribution in [1.29, 1.82) is 0 Å². The Bertz CT molecular complexity index is 653. The van der Waals surface area contributed by atoms with Crippen LogP contribution in [-0.2, 0) is 6.54 Å². The quantitative estimate of drug-likeness (QED) is 0.846. The Morgan fingerprint density at radius 3 is 2.44 bits per heavy atom. The Hall–Kier alpha value is -2.10. The first-order valence-corrected chi connectivity index (χ1v) is 5.83. The molecule has 2 aromatic rings. The van der Waals surface area contributed by atoms with Gasteiger partial charge in [0.2, 0.25) is 0 Å². The molecule has 0 spiro atoms. The number of rotatable bonds is 3. The zero-order valence-electron chi connectivity index (χ0n) is 10.7. The molecular weight excluding hydrogens is 230 g/mol. The van der Waals surface area contributed by atoms with Crippen molar-refractivity contribution >= 4 is 22.7 Å². The first-order chi connectivity index (χ1) is 8.45. The maximum Gasteiger partial charge on any atom is 0.336 e. The third-order valence-corrected chi connectivity index (χ3v) is 3.18. The molecule has 1 N–H and O–H groups in total. The highest BCUT2D eigenvalue weighted by Gasteiger charge is 2.15. The number of carbonyl (C=O) groups is 2. The number of benzene rings is 1. The van der Waals surface area contributed by atoms with Crippen LogP contribution in [0.4, 0.5) is 0 Å². The lowest BCUT2D eigenvalue weighted by molar-refractivity contribution is 0.0696. The Morgan fingerprint density at radius 2 is 1.94 bits per heavy atom. The summed E-state index contributed by atoms with van der Waals surface area (Å²) in [6, 6.07) is 3.42. The number of ketones is 1. The minimum Gasteiger partial charge on any atom is -0.478 e. The van der Waals surface area contributed by atoms with Gasteiger partial charge in [-0.25, -0.2) is 4.79 Å². The molecule has 1 aromatic carbocycles. The van der Waals surface area contributed by atoms with E-state index in [1.165, 1.54) is 6.92 Å². The summed E-state index contributed by atoms with van der Waals surface area (Å²) in [5, 5.41) is 9.95. The number of fused-ring (bicyclic) bond motifs is 1. The molecule has 1 aromatic heterocycles. The van der Waals surface area contributed by atoms with E-state index in [0.717, 1.165) is 10.9 Å². The Balaban J connectivity index is 2.85. The van der Waals surface area contributed by atoms with Gasteiger partial charge in [0.15, 0.2) is 5.78 Å². The van der Waals surface area contributed by atoms with Crippen LogP contribution in [-0.4, -0.2) is 21.4 Å². The third-order valence-electron chi connectivity index (χ3n) is 3.18. The molecule has 0 aliphatic heterocycles. The van der Waals surface area contributed by atoms with Crippen LogP contribution in [0.25, 0.3) is 10.9 Å². The molecule has 0 aliphatic carbocycles. The molecule has 2 rings (SSSR count). The summed E-state index contributed by atoms with van der Waals surface area (Å²) in [6.45, 7) is 5.93. The number of hydrogen-bond acceptors (Lipinski definition) is 2. The summed E-state index contributed by atoms with van der Waals surface area (Å²) < 4.78 is 1.90. The van der Waals surface area contributed by atoms with Crippen molar-refractivity contribution in [3.63, 3.8) is 0 Å². The van der Waals surface area contributed by atoms with Crippen LogP contribution in [0.5, 0.6) is 0 Å². The van der Waals surface area contributed by atoms with Crippen molar-refractivity contribution in [2.24, 2.45) is 0 Å². The van der Waals surface area contributed by atoms with Crippen LogP contribution < -0.4 is 0 Å². The van der Waals surface area contributed by atoms with Crippen molar-refractivity contribution in [2.45, 2.75) is 27.3 Å². The van der Waals surface area contributed by atoms with Gasteiger partial charge in [0.1, 0.15) is 0 Å². The van der Waals surface area contributed by atoms with E-state index in [-0.39, 0.29) is 11.3 Å². The zero-order chi connectivity index (χ0) is 13.4.